The van der Waals surface area contributed by atoms with Gasteiger partial charge in [-0.15, -0.1) is 5.10 Å². The number of carbonyl (C=O) groups is 1. The minimum absolute atomic E-state index is 0.111. The molecule has 2 aliphatic carbocycles. The predicted octanol–water partition coefficient (Wildman–Crippen LogP) is 4.17. The number of rotatable bonds is 9. The molecule has 4 heterocycles. The first-order valence-corrected chi connectivity index (χ1v) is 14.4. The minimum Gasteiger partial charge on any atom is -0.387 e. The number of hydrogen-bond donors (Lipinski definition) is 3. The minimum atomic E-state index is -1.63. The summed E-state index contributed by atoms with van der Waals surface area (Å²) in [4.78, 5) is 17.8. The van der Waals surface area contributed by atoms with Crippen LogP contribution in [0.5, 0.6) is 0 Å². The van der Waals surface area contributed by atoms with E-state index in [4.69, 9.17) is 0 Å². The standard InChI is InChI=1S/C30H34FN9O2/c1-30(2,42)28(31)16-34-29(41)23-15-33-25(27-10-9-22-11-18(13-32)14-35-40(22)27)12-24(23)36-20-5-7-21(8-6-20)39-17-26(37-38-39)19-3-4-19/h9-12,14-15,17,19-21,28,42H,3-8,16H2,1-2H3,(H,33,36)(H,34,41)/t20-,21-,28-/m1/s1. The van der Waals surface area contributed by atoms with Gasteiger partial charge in [0.15, 0.2) is 0 Å². The van der Waals surface area contributed by atoms with E-state index in [2.05, 4.69) is 43.3 Å². The van der Waals surface area contributed by atoms with Crippen LogP contribution in [0.25, 0.3) is 16.9 Å². The van der Waals surface area contributed by atoms with Gasteiger partial charge in [-0.05, 0) is 76.6 Å². The average Bonchev–Trinajstić information content (AvgIpc) is 3.56. The summed E-state index contributed by atoms with van der Waals surface area (Å²) in [7, 11) is 0. The fraction of sp³-hybridized carbons (Fsp3) is 0.467. The summed E-state index contributed by atoms with van der Waals surface area (Å²) >= 11 is 0. The van der Waals surface area contributed by atoms with Gasteiger partial charge < -0.3 is 15.7 Å². The van der Waals surface area contributed by atoms with E-state index in [0.717, 1.165) is 36.9 Å². The van der Waals surface area contributed by atoms with E-state index in [9.17, 15) is 19.6 Å². The van der Waals surface area contributed by atoms with Gasteiger partial charge >= 0.3 is 0 Å². The highest BCUT2D eigenvalue weighted by Gasteiger charge is 2.30. The summed E-state index contributed by atoms with van der Waals surface area (Å²) in [5.74, 6) is 0.0869. The fourth-order valence-electron chi connectivity index (χ4n) is 5.42. The average molecular weight is 572 g/mol. The topological polar surface area (TPSA) is 146 Å². The molecule has 4 aromatic heterocycles. The number of carbonyl (C=O) groups excluding carboxylic acids is 1. The zero-order valence-corrected chi connectivity index (χ0v) is 23.7. The van der Waals surface area contributed by atoms with E-state index in [1.807, 2.05) is 22.9 Å². The summed E-state index contributed by atoms with van der Waals surface area (Å²) < 4.78 is 18.1. The van der Waals surface area contributed by atoms with Crippen molar-refractivity contribution in [3.63, 3.8) is 0 Å². The van der Waals surface area contributed by atoms with E-state index < -0.39 is 17.7 Å². The molecule has 218 valence electrons. The van der Waals surface area contributed by atoms with Crippen molar-refractivity contribution >= 4 is 17.1 Å². The quantitative estimate of drug-likeness (QED) is 0.271. The Balaban J connectivity index is 1.23. The van der Waals surface area contributed by atoms with Crippen LogP contribution >= 0.6 is 0 Å². The molecule has 0 aliphatic heterocycles. The second-order valence-electron chi connectivity index (χ2n) is 11.9. The summed E-state index contributed by atoms with van der Waals surface area (Å²) in [6.07, 6.45) is 9.42. The number of anilines is 1. The van der Waals surface area contributed by atoms with Crippen LogP contribution in [0.4, 0.5) is 10.1 Å². The third kappa shape index (κ3) is 5.83. The maximum absolute atomic E-state index is 14.4. The number of hydrogen-bond acceptors (Lipinski definition) is 8. The van der Waals surface area contributed by atoms with Crippen molar-refractivity contribution in [2.24, 2.45) is 0 Å². The summed E-state index contributed by atoms with van der Waals surface area (Å²) in [5.41, 5.74) is 2.89. The molecule has 11 nitrogen and oxygen atoms in total. The molecule has 2 saturated carbocycles. The van der Waals surface area contributed by atoms with Gasteiger partial charge in [-0.2, -0.15) is 10.4 Å². The van der Waals surface area contributed by atoms with Crippen LogP contribution in [0.15, 0.2) is 42.9 Å². The van der Waals surface area contributed by atoms with E-state index in [-0.39, 0.29) is 18.2 Å². The highest BCUT2D eigenvalue weighted by molar-refractivity contribution is 6.00. The lowest BCUT2D eigenvalue weighted by atomic mass is 9.91. The number of halogens is 1. The Hall–Kier alpha value is -4.37. The van der Waals surface area contributed by atoms with Crippen molar-refractivity contribution in [3.05, 3.63) is 59.7 Å². The van der Waals surface area contributed by atoms with Crippen LogP contribution < -0.4 is 10.6 Å². The number of nitriles is 1. The summed E-state index contributed by atoms with van der Waals surface area (Å²) in [6, 6.07) is 9.78. The zero-order valence-electron chi connectivity index (χ0n) is 23.7. The Morgan fingerprint density at radius 2 is 1.98 bits per heavy atom. The molecule has 0 spiro atoms. The Labute approximate surface area is 242 Å². The van der Waals surface area contributed by atoms with Crippen molar-refractivity contribution in [3.8, 4) is 17.5 Å². The first-order valence-electron chi connectivity index (χ1n) is 14.4. The molecule has 6 rings (SSSR count). The third-order valence-electron chi connectivity index (χ3n) is 8.20. The van der Waals surface area contributed by atoms with Gasteiger partial charge in [0.05, 0.1) is 63.8 Å². The lowest BCUT2D eigenvalue weighted by Gasteiger charge is -2.30. The van der Waals surface area contributed by atoms with Crippen molar-refractivity contribution in [2.75, 3.05) is 11.9 Å². The molecular formula is C30H34FN9O2. The Kier molecular flexibility index (Phi) is 7.36. The lowest BCUT2D eigenvalue weighted by molar-refractivity contribution is -0.00177. The molecule has 0 saturated heterocycles. The van der Waals surface area contributed by atoms with Gasteiger partial charge in [0.25, 0.3) is 5.91 Å². The molecule has 2 fully saturated rings. The van der Waals surface area contributed by atoms with Gasteiger partial charge in [0, 0.05) is 24.4 Å². The molecule has 1 amide bonds. The second kappa shape index (κ2) is 11.1. The first-order chi connectivity index (χ1) is 20.2. The van der Waals surface area contributed by atoms with Crippen molar-refractivity contribution in [1.29, 1.82) is 5.26 Å². The van der Waals surface area contributed by atoms with Crippen molar-refractivity contribution in [2.45, 2.75) is 82.1 Å². The highest BCUT2D eigenvalue weighted by Crippen LogP contribution is 2.39. The molecule has 2 aliphatic rings. The first kappa shape index (κ1) is 27.8. The van der Waals surface area contributed by atoms with Crippen LogP contribution in [0.2, 0.25) is 0 Å². The number of fused-ring (bicyclic) bond motifs is 1. The molecule has 4 aromatic rings. The van der Waals surface area contributed by atoms with Crippen molar-refractivity contribution < 1.29 is 14.3 Å². The van der Waals surface area contributed by atoms with Crippen LogP contribution in [-0.4, -0.2) is 65.0 Å². The highest BCUT2D eigenvalue weighted by atomic mass is 19.1. The Morgan fingerprint density at radius 3 is 2.69 bits per heavy atom. The third-order valence-corrected chi connectivity index (χ3v) is 8.20. The molecule has 0 radical (unpaired) electrons. The molecule has 12 heteroatoms. The number of nitrogens with one attached hydrogen (secondary N) is 2. The second-order valence-corrected chi connectivity index (χ2v) is 11.9. The normalized spacial score (nSPS) is 19.8. The molecule has 0 bridgehead atoms. The maximum Gasteiger partial charge on any atom is 0.255 e. The Morgan fingerprint density at radius 1 is 1.19 bits per heavy atom. The number of amides is 1. The Bertz CT molecular complexity index is 1640. The van der Waals surface area contributed by atoms with E-state index in [1.165, 1.54) is 39.1 Å². The lowest BCUT2D eigenvalue weighted by Crippen LogP contribution is -2.42. The SMILES string of the molecule is CC(C)(O)[C@H](F)CNC(=O)c1cnc(-c2ccc3cc(C#N)cnn23)cc1N[C@H]1CC[C@H](n2cc(C3CC3)nn2)CC1. The molecule has 42 heavy (non-hydrogen) atoms. The zero-order chi connectivity index (χ0) is 29.4. The van der Waals surface area contributed by atoms with E-state index in [1.54, 1.807) is 10.6 Å². The van der Waals surface area contributed by atoms with Gasteiger partial charge in [-0.3, -0.25) is 9.78 Å². The number of nitrogens with zero attached hydrogens (tertiary/aromatic N) is 7. The molecule has 0 unspecified atom stereocenters. The number of aliphatic hydroxyl groups is 1. The molecular weight excluding hydrogens is 537 g/mol. The number of alkyl halides is 1. The maximum atomic E-state index is 14.4. The van der Waals surface area contributed by atoms with Gasteiger partial charge in [-0.25, -0.2) is 13.6 Å². The van der Waals surface area contributed by atoms with Gasteiger partial charge in [0.2, 0.25) is 0 Å². The van der Waals surface area contributed by atoms with Crippen molar-refractivity contribution in [1.82, 2.24) is 34.9 Å². The van der Waals surface area contributed by atoms with Gasteiger partial charge in [-0.1, -0.05) is 5.21 Å². The molecule has 1 atom stereocenters. The predicted molar refractivity (Wildman–Crippen MR) is 154 cm³/mol. The fourth-order valence-corrected chi connectivity index (χ4v) is 5.42. The van der Waals surface area contributed by atoms with Gasteiger partial charge in [0.1, 0.15) is 12.2 Å². The van der Waals surface area contributed by atoms with E-state index >= 15 is 0 Å². The van der Waals surface area contributed by atoms with E-state index in [0.29, 0.717) is 34.6 Å². The van der Waals surface area contributed by atoms with Crippen LogP contribution in [0.3, 0.4) is 0 Å². The van der Waals surface area contributed by atoms with Crippen LogP contribution in [-0.2, 0) is 0 Å². The molecule has 3 N–H and O–H groups in total. The molecule has 0 aromatic carbocycles. The van der Waals surface area contributed by atoms with Crippen LogP contribution in [0, 0.1) is 11.3 Å². The van der Waals surface area contributed by atoms with Crippen LogP contribution in [0.1, 0.15) is 85.9 Å². The summed E-state index contributed by atoms with van der Waals surface area (Å²) in [5, 5.41) is 38.5. The number of aromatic nitrogens is 6. The monoisotopic (exact) mass is 571 g/mol. The smallest absolute Gasteiger partial charge is 0.255 e. The summed E-state index contributed by atoms with van der Waals surface area (Å²) in [6.45, 7) is 2.40. The number of pyridine rings is 1. The largest absolute Gasteiger partial charge is 0.387 e.